The molecule has 0 saturated heterocycles. The first-order chi connectivity index (χ1) is 9.35. The molecule has 2 heterocycles. The molecule has 100 valence electrons. The van der Waals surface area contributed by atoms with Gasteiger partial charge in [-0.2, -0.15) is 4.98 Å². The Kier molecular flexibility index (Phi) is 2.60. The summed E-state index contributed by atoms with van der Waals surface area (Å²) >= 11 is 1.62. The van der Waals surface area contributed by atoms with Gasteiger partial charge in [-0.3, -0.25) is 5.43 Å². The Morgan fingerprint density at radius 1 is 1.21 bits per heavy atom. The zero-order valence-electron chi connectivity index (χ0n) is 10.6. The smallest absolute Gasteiger partial charge is 0.240 e. The Morgan fingerprint density at radius 2 is 1.95 bits per heavy atom. The molecule has 2 fully saturated rings. The van der Waals surface area contributed by atoms with Crippen LogP contribution in [0.2, 0.25) is 0 Å². The molecule has 0 bridgehead atoms. The number of hydrazine groups is 1. The van der Waals surface area contributed by atoms with Crippen LogP contribution < -0.4 is 16.6 Å². The third-order valence-electron chi connectivity index (χ3n) is 4.02. The van der Waals surface area contributed by atoms with Crippen molar-refractivity contribution in [1.82, 2.24) is 9.97 Å². The zero-order valence-corrected chi connectivity index (χ0v) is 11.4. The molecular weight excluding hydrogens is 258 g/mol. The van der Waals surface area contributed by atoms with Gasteiger partial charge in [0.05, 0.1) is 5.39 Å². The van der Waals surface area contributed by atoms with Gasteiger partial charge in [0.1, 0.15) is 10.6 Å². The molecule has 4 rings (SSSR count). The third-order valence-corrected chi connectivity index (χ3v) is 4.82. The van der Waals surface area contributed by atoms with Crippen molar-refractivity contribution in [3.63, 3.8) is 0 Å². The van der Waals surface area contributed by atoms with E-state index in [1.165, 1.54) is 25.7 Å². The fourth-order valence-corrected chi connectivity index (χ4v) is 3.48. The van der Waals surface area contributed by atoms with E-state index in [1.807, 2.05) is 5.38 Å². The third kappa shape index (κ3) is 2.15. The average Bonchev–Trinajstić information content (AvgIpc) is 3.33. The van der Waals surface area contributed by atoms with Crippen molar-refractivity contribution < 1.29 is 0 Å². The van der Waals surface area contributed by atoms with Crippen LogP contribution in [0.3, 0.4) is 0 Å². The van der Waals surface area contributed by atoms with E-state index in [-0.39, 0.29) is 0 Å². The van der Waals surface area contributed by atoms with Gasteiger partial charge in [-0.15, -0.1) is 11.3 Å². The van der Waals surface area contributed by atoms with Gasteiger partial charge in [-0.25, -0.2) is 10.8 Å². The summed E-state index contributed by atoms with van der Waals surface area (Å²) in [7, 11) is 0. The van der Waals surface area contributed by atoms with Crippen molar-refractivity contribution in [2.75, 3.05) is 10.7 Å². The number of nitrogens with zero attached hydrogens (tertiary/aromatic N) is 2. The van der Waals surface area contributed by atoms with E-state index < -0.39 is 0 Å². The summed E-state index contributed by atoms with van der Waals surface area (Å²) in [6.45, 7) is 0. The van der Waals surface area contributed by atoms with E-state index >= 15 is 0 Å². The quantitative estimate of drug-likeness (QED) is 0.577. The zero-order chi connectivity index (χ0) is 12.8. The second-order valence-corrected chi connectivity index (χ2v) is 6.42. The highest BCUT2D eigenvalue weighted by atomic mass is 32.1. The number of nitrogen functional groups attached to an aromatic ring is 1. The van der Waals surface area contributed by atoms with Crippen LogP contribution in [-0.4, -0.2) is 16.0 Å². The molecule has 2 aromatic rings. The number of hydrogen-bond acceptors (Lipinski definition) is 6. The molecule has 0 aromatic carbocycles. The lowest BCUT2D eigenvalue weighted by Crippen LogP contribution is -2.25. The van der Waals surface area contributed by atoms with E-state index in [4.69, 9.17) is 5.84 Å². The first-order valence-corrected chi connectivity index (χ1v) is 7.71. The minimum absolute atomic E-state index is 0.489. The van der Waals surface area contributed by atoms with Crippen LogP contribution in [0.1, 0.15) is 25.7 Å². The van der Waals surface area contributed by atoms with E-state index in [9.17, 15) is 0 Å². The number of rotatable bonds is 5. The summed E-state index contributed by atoms with van der Waals surface area (Å²) < 4.78 is 0. The van der Waals surface area contributed by atoms with Gasteiger partial charge in [0.15, 0.2) is 0 Å². The van der Waals surface area contributed by atoms with Crippen LogP contribution in [0, 0.1) is 11.8 Å². The number of fused-ring (bicyclic) bond motifs is 1. The molecule has 2 aliphatic rings. The van der Waals surface area contributed by atoms with Crippen molar-refractivity contribution in [3.8, 4) is 0 Å². The van der Waals surface area contributed by atoms with Gasteiger partial charge in [-0.1, -0.05) is 0 Å². The summed E-state index contributed by atoms with van der Waals surface area (Å²) in [5.41, 5.74) is 2.56. The molecule has 2 aliphatic carbocycles. The first kappa shape index (κ1) is 11.4. The molecule has 5 nitrogen and oxygen atoms in total. The van der Waals surface area contributed by atoms with Crippen LogP contribution in [-0.2, 0) is 0 Å². The van der Waals surface area contributed by atoms with Crippen LogP contribution in [0.15, 0.2) is 11.4 Å². The van der Waals surface area contributed by atoms with Crippen molar-refractivity contribution >= 4 is 33.3 Å². The number of anilines is 2. The molecule has 0 unspecified atom stereocenters. The number of aromatic nitrogens is 2. The van der Waals surface area contributed by atoms with Crippen molar-refractivity contribution in [1.29, 1.82) is 0 Å². The van der Waals surface area contributed by atoms with E-state index in [0.717, 1.165) is 27.9 Å². The fraction of sp³-hybridized carbons (Fsp3) is 0.538. The maximum Gasteiger partial charge on any atom is 0.240 e. The number of nitrogens with two attached hydrogens (primary N) is 1. The minimum atomic E-state index is 0.489. The molecular formula is C13H17N5S. The fourth-order valence-electron chi connectivity index (χ4n) is 2.72. The SMILES string of the molecule is NNc1nc(NC(C2CC2)C2CC2)c2ccsc2n1. The summed E-state index contributed by atoms with van der Waals surface area (Å²) in [5.74, 6) is 8.55. The molecule has 0 spiro atoms. The monoisotopic (exact) mass is 275 g/mol. The average molecular weight is 275 g/mol. The molecule has 6 heteroatoms. The van der Waals surface area contributed by atoms with E-state index in [1.54, 1.807) is 11.3 Å². The lowest BCUT2D eigenvalue weighted by molar-refractivity contribution is 0.566. The normalized spacial score (nSPS) is 19.1. The van der Waals surface area contributed by atoms with Crippen molar-refractivity contribution in [2.24, 2.45) is 17.7 Å². The second kappa shape index (κ2) is 4.31. The van der Waals surface area contributed by atoms with Gasteiger partial charge < -0.3 is 5.32 Å². The molecule has 0 radical (unpaired) electrons. The van der Waals surface area contributed by atoms with Gasteiger partial charge in [0, 0.05) is 6.04 Å². The topological polar surface area (TPSA) is 75.9 Å². The molecule has 0 aliphatic heterocycles. The van der Waals surface area contributed by atoms with Crippen LogP contribution in [0.25, 0.3) is 10.2 Å². The predicted molar refractivity (Wildman–Crippen MR) is 78.1 cm³/mol. The Balaban J connectivity index is 1.70. The summed E-state index contributed by atoms with van der Waals surface area (Å²) in [4.78, 5) is 9.86. The number of nitrogens with one attached hydrogen (secondary N) is 2. The highest BCUT2D eigenvalue weighted by molar-refractivity contribution is 7.16. The van der Waals surface area contributed by atoms with Gasteiger partial charge in [-0.05, 0) is 49.0 Å². The van der Waals surface area contributed by atoms with Crippen LogP contribution >= 0.6 is 11.3 Å². The number of hydrogen-bond donors (Lipinski definition) is 3. The van der Waals surface area contributed by atoms with Crippen molar-refractivity contribution in [3.05, 3.63) is 11.4 Å². The first-order valence-electron chi connectivity index (χ1n) is 6.83. The maximum atomic E-state index is 5.46. The summed E-state index contributed by atoms with van der Waals surface area (Å²) in [5, 5.41) is 6.82. The Labute approximate surface area is 115 Å². The molecule has 4 N–H and O–H groups in total. The van der Waals surface area contributed by atoms with Crippen LogP contribution in [0.4, 0.5) is 11.8 Å². The second-order valence-electron chi connectivity index (χ2n) is 5.52. The van der Waals surface area contributed by atoms with E-state index in [0.29, 0.717) is 12.0 Å². The lowest BCUT2D eigenvalue weighted by atomic mass is 10.1. The standard InChI is InChI=1S/C13H17N5S/c14-18-13-16-11(9-5-6-19-12(9)17-13)15-10(7-1-2-7)8-3-4-8/h5-8,10H,1-4,14H2,(H2,15,16,17,18). The largest absolute Gasteiger partial charge is 0.366 e. The predicted octanol–water partition coefficient (Wildman–Crippen LogP) is 2.58. The minimum Gasteiger partial charge on any atom is -0.366 e. The lowest BCUT2D eigenvalue weighted by Gasteiger charge is -2.19. The maximum absolute atomic E-state index is 5.46. The highest BCUT2D eigenvalue weighted by Crippen LogP contribution is 2.46. The Morgan fingerprint density at radius 3 is 2.58 bits per heavy atom. The number of thiophene rings is 1. The van der Waals surface area contributed by atoms with E-state index in [2.05, 4.69) is 26.8 Å². The van der Waals surface area contributed by atoms with Gasteiger partial charge in [0.25, 0.3) is 0 Å². The summed E-state index contributed by atoms with van der Waals surface area (Å²) in [6, 6.07) is 2.67. The molecule has 2 saturated carbocycles. The van der Waals surface area contributed by atoms with Gasteiger partial charge in [0.2, 0.25) is 5.95 Å². The molecule has 0 amide bonds. The summed E-state index contributed by atoms with van der Waals surface area (Å²) in [6.07, 6.45) is 5.42. The molecule has 19 heavy (non-hydrogen) atoms. The Hall–Kier alpha value is -1.40. The molecule has 0 atom stereocenters. The molecule has 2 aromatic heterocycles. The van der Waals surface area contributed by atoms with Crippen LogP contribution in [0.5, 0.6) is 0 Å². The highest BCUT2D eigenvalue weighted by Gasteiger charge is 2.41. The van der Waals surface area contributed by atoms with Crippen molar-refractivity contribution in [2.45, 2.75) is 31.7 Å². The Bertz CT molecular complexity index is 590. The van der Waals surface area contributed by atoms with Gasteiger partial charge >= 0.3 is 0 Å².